The maximum Gasteiger partial charge on any atom is 0.274 e. The number of carbonyl (C=O) groups excluding carboxylic acids is 2. The highest BCUT2D eigenvalue weighted by molar-refractivity contribution is 5.93. The minimum absolute atomic E-state index is 0.315. The molecule has 0 fully saturated rings. The molecule has 2 aromatic carbocycles. The SMILES string of the molecule is NC(=O)C(N)Cc1ccc(Oc2ccc(C(=O)NO)cc2)cc1. The minimum atomic E-state index is -0.716. The molecule has 7 heteroatoms. The number of primary amides is 1. The topological polar surface area (TPSA) is 128 Å². The van der Waals surface area contributed by atoms with Crippen molar-refractivity contribution in [3.63, 3.8) is 0 Å². The lowest BCUT2D eigenvalue weighted by Gasteiger charge is -2.09. The van der Waals surface area contributed by atoms with Crippen LogP contribution in [0.3, 0.4) is 0 Å². The van der Waals surface area contributed by atoms with Gasteiger partial charge in [0.05, 0.1) is 6.04 Å². The second kappa shape index (κ2) is 7.39. The summed E-state index contributed by atoms with van der Waals surface area (Å²) in [7, 11) is 0. The van der Waals surface area contributed by atoms with Crippen LogP contribution in [0.5, 0.6) is 11.5 Å². The Balaban J connectivity index is 2.00. The predicted octanol–water partition coefficient (Wildman–Crippen LogP) is 0.953. The maximum absolute atomic E-state index is 11.2. The third-order valence-corrected chi connectivity index (χ3v) is 3.20. The van der Waals surface area contributed by atoms with Crippen LogP contribution >= 0.6 is 0 Å². The molecule has 0 heterocycles. The minimum Gasteiger partial charge on any atom is -0.457 e. The average Bonchev–Trinajstić information content (AvgIpc) is 2.56. The Morgan fingerprint density at radius 3 is 2.04 bits per heavy atom. The largest absolute Gasteiger partial charge is 0.457 e. The molecule has 2 rings (SSSR count). The van der Waals surface area contributed by atoms with E-state index in [0.29, 0.717) is 23.5 Å². The Hall–Kier alpha value is -2.90. The summed E-state index contributed by atoms with van der Waals surface area (Å²) >= 11 is 0. The van der Waals surface area contributed by atoms with Gasteiger partial charge in [-0.1, -0.05) is 12.1 Å². The van der Waals surface area contributed by atoms with Gasteiger partial charge in [-0.25, -0.2) is 5.48 Å². The van der Waals surface area contributed by atoms with Crippen molar-refractivity contribution in [1.29, 1.82) is 0 Å². The van der Waals surface area contributed by atoms with E-state index in [-0.39, 0.29) is 0 Å². The molecule has 120 valence electrons. The molecule has 1 atom stereocenters. The Kier molecular flexibility index (Phi) is 5.29. The number of nitrogens with one attached hydrogen (secondary N) is 1. The van der Waals surface area contributed by atoms with Crippen molar-refractivity contribution in [3.8, 4) is 11.5 Å². The number of hydrogen-bond donors (Lipinski definition) is 4. The fourth-order valence-electron chi connectivity index (χ4n) is 1.92. The van der Waals surface area contributed by atoms with E-state index in [4.69, 9.17) is 21.4 Å². The number of ether oxygens (including phenoxy) is 1. The Labute approximate surface area is 132 Å². The Morgan fingerprint density at radius 1 is 1.04 bits per heavy atom. The van der Waals surface area contributed by atoms with Crippen LogP contribution in [0.15, 0.2) is 48.5 Å². The highest BCUT2D eigenvalue weighted by Crippen LogP contribution is 2.22. The van der Waals surface area contributed by atoms with Gasteiger partial charge in [0, 0.05) is 5.56 Å². The molecule has 0 saturated carbocycles. The number of nitrogens with two attached hydrogens (primary N) is 2. The van der Waals surface area contributed by atoms with Crippen LogP contribution in [0.1, 0.15) is 15.9 Å². The van der Waals surface area contributed by atoms with Crippen LogP contribution < -0.4 is 21.7 Å². The quantitative estimate of drug-likeness (QED) is 0.466. The lowest BCUT2D eigenvalue weighted by Crippen LogP contribution is -2.38. The second-order valence-corrected chi connectivity index (χ2v) is 4.92. The van der Waals surface area contributed by atoms with Crippen molar-refractivity contribution >= 4 is 11.8 Å². The van der Waals surface area contributed by atoms with Crippen molar-refractivity contribution in [2.24, 2.45) is 11.5 Å². The van der Waals surface area contributed by atoms with Crippen molar-refractivity contribution < 1.29 is 19.5 Å². The van der Waals surface area contributed by atoms with Gasteiger partial charge < -0.3 is 16.2 Å². The molecular weight excluding hydrogens is 298 g/mol. The third kappa shape index (κ3) is 4.53. The molecule has 0 aromatic heterocycles. The van der Waals surface area contributed by atoms with Gasteiger partial charge in [0.2, 0.25) is 5.91 Å². The molecule has 0 saturated heterocycles. The van der Waals surface area contributed by atoms with Gasteiger partial charge in [-0.3, -0.25) is 14.8 Å². The molecule has 0 aliphatic heterocycles. The Morgan fingerprint density at radius 2 is 1.57 bits per heavy atom. The molecule has 0 aliphatic rings. The van der Waals surface area contributed by atoms with E-state index in [1.165, 1.54) is 12.1 Å². The number of amides is 2. The molecule has 2 aromatic rings. The highest BCUT2D eigenvalue weighted by atomic mass is 16.5. The van der Waals surface area contributed by atoms with E-state index in [1.54, 1.807) is 41.9 Å². The summed E-state index contributed by atoms with van der Waals surface area (Å²) in [6.45, 7) is 0. The zero-order valence-electron chi connectivity index (χ0n) is 12.2. The normalized spacial score (nSPS) is 11.6. The summed E-state index contributed by atoms with van der Waals surface area (Å²) in [5, 5.41) is 8.55. The zero-order valence-corrected chi connectivity index (χ0v) is 12.2. The molecule has 23 heavy (non-hydrogen) atoms. The predicted molar refractivity (Wildman–Crippen MR) is 83.1 cm³/mol. The van der Waals surface area contributed by atoms with E-state index >= 15 is 0 Å². The van der Waals surface area contributed by atoms with Crippen LogP contribution in [0.25, 0.3) is 0 Å². The first kappa shape index (κ1) is 16.5. The number of rotatable bonds is 6. The molecule has 0 radical (unpaired) electrons. The van der Waals surface area contributed by atoms with Crippen LogP contribution in [-0.4, -0.2) is 23.1 Å². The summed E-state index contributed by atoms with van der Waals surface area (Å²) < 4.78 is 5.64. The first-order chi connectivity index (χ1) is 11.0. The molecule has 7 nitrogen and oxygen atoms in total. The summed E-state index contributed by atoms with van der Waals surface area (Å²) in [6, 6.07) is 12.7. The first-order valence-electron chi connectivity index (χ1n) is 6.86. The fraction of sp³-hybridized carbons (Fsp3) is 0.125. The Bertz CT molecular complexity index is 683. The van der Waals surface area contributed by atoms with Crippen LogP contribution in [0.4, 0.5) is 0 Å². The van der Waals surface area contributed by atoms with E-state index < -0.39 is 17.9 Å². The van der Waals surface area contributed by atoms with Gasteiger partial charge in [0.1, 0.15) is 11.5 Å². The van der Waals surface area contributed by atoms with Crippen LogP contribution in [0.2, 0.25) is 0 Å². The van der Waals surface area contributed by atoms with Gasteiger partial charge in [0.15, 0.2) is 0 Å². The van der Waals surface area contributed by atoms with Crippen molar-refractivity contribution in [2.75, 3.05) is 0 Å². The van der Waals surface area contributed by atoms with Crippen LogP contribution in [-0.2, 0) is 11.2 Å². The van der Waals surface area contributed by atoms with Gasteiger partial charge in [0.25, 0.3) is 5.91 Å². The van der Waals surface area contributed by atoms with E-state index in [2.05, 4.69) is 0 Å². The van der Waals surface area contributed by atoms with E-state index in [9.17, 15) is 9.59 Å². The van der Waals surface area contributed by atoms with E-state index in [1.807, 2.05) is 0 Å². The van der Waals surface area contributed by atoms with Gasteiger partial charge in [-0.15, -0.1) is 0 Å². The maximum atomic E-state index is 11.2. The lowest BCUT2D eigenvalue weighted by atomic mass is 10.1. The van der Waals surface area contributed by atoms with Crippen molar-refractivity contribution in [2.45, 2.75) is 12.5 Å². The average molecular weight is 315 g/mol. The molecular formula is C16H17N3O4. The van der Waals surface area contributed by atoms with E-state index in [0.717, 1.165) is 5.56 Å². The number of hydrogen-bond acceptors (Lipinski definition) is 5. The molecule has 2 amide bonds. The van der Waals surface area contributed by atoms with Crippen LogP contribution in [0, 0.1) is 0 Å². The summed E-state index contributed by atoms with van der Waals surface area (Å²) in [4.78, 5) is 22.1. The number of carbonyl (C=O) groups is 2. The first-order valence-corrected chi connectivity index (χ1v) is 6.86. The smallest absolute Gasteiger partial charge is 0.274 e. The number of benzene rings is 2. The van der Waals surface area contributed by atoms with Gasteiger partial charge in [-0.2, -0.15) is 0 Å². The summed E-state index contributed by atoms with van der Waals surface area (Å²) in [5.74, 6) is 0.00542. The molecule has 0 spiro atoms. The second-order valence-electron chi connectivity index (χ2n) is 4.92. The van der Waals surface area contributed by atoms with Crippen molar-refractivity contribution in [3.05, 3.63) is 59.7 Å². The monoisotopic (exact) mass is 315 g/mol. The van der Waals surface area contributed by atoms with Gasteiger partial charge >= 0.3 is 0 Å². The third-order valence-electron chi connectivity index (χ3n) is 3.20. The van der Waals surface area contributed by atoms with Gasteiger partial charge in [-0.05, 0) is 48.4 Å². The zero-order chi connectivity index (χ0) is 16.8. The molecule has 6 N–H and O–H groups in total. The lowest BCUT2D eigenvalue weighted by molar-refractivity contribution is -0.119. The number of hydroxylamine groups is 1. The molecule has 0 aliphatic carbocycles. The molecule has 0 bridgehead atoms. The highest BCUT2D eigenvalue weighted by Gasteiger charge is 2.10. The molecule has 1 unspecified atom stereocenters. The summed E-state index contributed by atoms with van der Waals surface area (Å²) in [5.41, 5.74) is 13.5. The van der Waals surface area contributed by atoms with Crippen molar-refractivity contribution in [1.82, 2.24) is 5.48 Å². The fourth-order valence-corrected chi connectivity index (χ4v) is 1.92. The summed E-state index contributed by atoms with van der Waals surface area (Å²) in [6.07, 6.45) is 0.362. The standard InChI is InChI=1S/C16H17N3O4/c17-14(15(18)20)9-10-1-5-12(6-2-10)23-13-7-3-11(4-8-13)16(21)19-22/h1-8,14,22H,9,17H2,(H2,18,20)(H,19,21).